The third-order valence-corrected chi connectivity index (χ3v) is 3.93. The molecule has 0 radical (unpaired) electrons. The summed E-state index contributed by atoms with van der Waals surface area (Å²) in [5.41, 5.74) is 0. The van der Waals surface area contributed by atoms with Gasteiger partial charge in [0.05, 0.1) is 12.7 Å². The van der Waals surface area contributed by atoms with E-state index in [0.29, 0.717) is 6.61 Å². The van der Waals surface area contributed by atoms with Crippen molar-refractivity contribution in [3.8, 4) is 0 Å². The normalized spacial score (nSPS) is 12.2. The van der Waals surface area contributed by atoms with Crippen molar-refractivity contribution in [2.24, 2.45) is 0 Å². The maximum Gasteiger partial charge on any atom is 0.0742 e. The summed E-state index contributed by atoms with van der Waals surface area (Å²) in [5, 5.41) is 24.7. The molecule has 3 nitrogen and oxygen atoms in total. The van der Waals surface area contributed by atoms with Crippen LogP contribution >= 0.6 is 0 Å². The third kappa shape index (κ3) is 29.6. The minimum Gasteiger partial charge on any atom is -0.396 e. The van der Waals surface area contributed by atoms with Crippen LogP contribution < -0.4 is 0 Å². The number of rotatable bonds is 16. The molecule has 1 atom stereocenters. The summed E-state index contributed by atoms with van der Waals surface area (Å²) in [6.07, 6.45) is 22.6. The van der Waals surface area contributed by atoms with E-state index in [1.807, 2.05) is 0 Å². The van der Waals surface area contributed by atoms with Crippen LogP contribution in [0.2, 0.25) is 0 Å². The Hall–Kier alpha value is -0.380. The van der Waals surface area contributed by atoms with Gasteiger partial charge < -0.3 is 15.3 Å². The lowest BCUT2D eigenvalue weighted by Crippen LogP contribution is -2.03. The summed E-state index contributed by atoms with van der Waals surface area (Å²) in [5.74, 6) is 0. The molecule has 0 rings (SSSR count). The smallest absolute Gasteiger partial charge is 0.0742 e. The van der Waals surface area contributed by atoms with Crippen LogP contribution in [0.15, 0.2) is 12.2 Å². The van der Waals surface area contributed by atoms with E-state index in [0.717, 1.165) is 6.42 Å². The fourth-order valence-corrected chi connectivity index (χ4v) is 2.36. The minimum absolute atomic E-state index is 0.139. The lowest BCUT2D eigenvalue weighted by atomic mass is 10.1. The predicted octanol–water partition coefficient (Wildman–Crippen LogP) is 5.38. The first-order valence-electron chi connectivity index (χ1n) is 10.2. The summed E-state index contributed by atoms with van der Waals surface area (Å²) in [7, 11) is 0. The van der Waals surface area contributed by atoms with Crippen molar-refractivity contribution in [2.75, 3.05) is 13.2 Å². The standard InChI is InChI=1S/C18H36O.C3H8O2/c1-2-3-4-5-6-7-8-9-10-11-12-13-14-15-16-17-18-19;1-3(5)2-4/h9-10,19H,2-8,11-18H2,1H3;3-5H,2H2,1H3. The van der Waals surface area contributed by atoms with Gasteiger partial charge in [-0.05, 0) is 39.0 Å². The highest BCUT2D eigenvalue weighted by atomic mass is 16.3. The van der Waals surface area contributed by atoms with E-state index < -0.39 is 6.10 Å². The summed E-state index contributed by atoms with van der Waals surface area (Å²) in [4.78, 5) is 0. The van der Waals surface area contributed by atoms with Crippen LogP contribution in [0.1, 0.15) is 104 Å². The zero-order chi connectivity index (χ0) is 18.3. The Morgan fingerprint density at radius 2 is 1.04 bits per heavy atom. The average molecular weight is 345 g/mol. The van der Waals surface area contributed by atoms with Crippen LogP contribution in [0.5, 0.6) is 0 Å². The van der Waals surface area contributed by atoms with Gasteiger partial charge in [0.2, 0.25) is 0 Å². The molecule has 0 fully saturated rings. The molecule has 0 aromatic heterocycles. The largest absolute Gasteiger partial charge is 0.396 e. The van der Waals surface area contributed by atoms with E-state index >= 15 is 0 Å². The molecule has 0 aliphatic heterocycles. The summed E-state index contributed by atoms with van der Waals surface area (Å²) >= 11 is 0. The van der Waals surface area contributed by atoms with Crippen molar-refractivity contribution in [1.82, 2.24) is 0 Å². The molecular formula is C21H44O3. The van der Waals surface area contributed by atoms with E-state index in [9.17, 15) is 0 Å². The molecule has 0 aromatic rings. The average Bonchev–Trinajstić information content (AvgIpc) is 2.59. The van der Waals surface area contributed by atoms with Crippen molar-refractivity contribution < 1.29 is 15.3 Å². The first-order chi connectivity index (χ1) is 11.7. The molecule has 0 saturated carbocycles. The second-order valence-corrected chi connectivity index (χ2v) is 6.69. The van der Waals surface area contributed by atoms with Gasteiger partial charge in [0, 0.05) is 6.61 Å². The van der Waals surface area contributed by atoms with Crippen LogP contribution in [-0.4, -0.2) is 34.6 Å². The molecule has 0 aromatic carbocycles. The molecule has 0 saturated heterocycles. The van der Waals surface area contributed by atoms with Crippen LogP contribution in [0.3, 0.4) is 0 Å². The Bertz CT molecular complexity index is 227. The topological polar surface area (TPSA) is 60.7 Å². The lowest BCUT2D eigenvalue weighted by Gasteiger charge is -1.99. The van der Waals surface area contributed by atoms with Crippen molar-refractivity contribution >= 4 is 0 Å². The van der Waals surface area contributed by atoms with E-state index in [-0.39, 0.29) is 6.61 Å². The van der Waals surface area contributed by atoms with Gasteiger partial charge in [0.25, 0.3) is 0 Å². The van der Waals surface area contributed by atoms with Gasteiger partial charge in [-0.3, -0.25) is 0 Å². The van der Waals surface area contributed by atoms with E-state index in [1.54, 1.807) is 0 Å². The maximum atomic E-state index is 8.66. The molecule has 0 amide bonds. The Morgan fingerprint density at radius 1 is 0.667 bits per heavy atom. The van der Waals surface area contributed by atoms with Gasteiger partial charge >= 0.3 is 0 Å². The SMILES string of the molecule is CC(O)CO.CCCCCCCCC=CCCCCCCCCO. The van der Waals surface area contributed by atoms with Crippen molar-refractivity contribution in [2.45, 2.75) is 110 Å². The van der Waals surface area contributed by atoms with Gasteiger partial charge in [0.15, 0.2) is 0 Å². The Morgan fingerprint density at radius 3 is 1.42 bits per heavy atom. The first kappa shape index (κ1) is 25.9. The van der Waals surface area contributed by atoms with Crippen LogP contribution in [0.25, 0.3) is 0 Å². The van der Waals surface area contributed by atoms with E-state index in [4.69, 9.17) is 15.3 Å². The maximum absolute atomic E-state index is 8.66. The molecule has 0 aliphatic rings. The molecular weight excluding hydrogens is 300 g/mol. The van der Waals surface area contributed by atoms with Gasteiger partial charge in [0.1, 0.15) is 0 Å². The number of aliphatic hydroxyl groups excluding tert-OH is 3. The molecule has 24 heavy (non-hydrogen) atoms. The van der Waals surface area contributed by atoms with Crippen LogP contribution in [-0.2, 0) is 0 Å². The van der Waals surface area contributed by atoms with Gasteiger partial charge in [-0.15, -0.1) is 0 Å². The predicted molar refractivity (Wildman–Crippen MR) is 105 cm³/mol. The lowest BCUT2D eigenvalue weighted by molar-refractivity contribution is 0.110. The van der Waals surface area contributed by atoms with Gasteiger partial charge in [-0.1, -0.05) is 76.9 Å². The highest BCUT2D eigenvalue weighted by molar-refractivity contribution is 4.81. The van der Waals surface area contributed by atoms with Gasteiger partial charge in [-0.25, -0.2) is 0 Å². The zero-order valence-corrected chi connectivity index (χ0v) is 16.4. The van der Waals surface area contributed by atoms with Crippen molar-refractivity contribution in [1.29, 1.82) is 0 Å². The summed E-state index contributed by atoms with van der Waals surface area (Å²) in [6, 6.07) is 0. The highest BCUT2D eigenvalue weighted by Crippen LogP contribution is 2.09. The second kappa shape index (κ2) is 24.9. The molecule has 0 bridgehead atoms. The Labute approximate surface area is 151 Å². The van der Waals surface area contributed by atoms with Crippen molar-refractivity contribution in [3.05, 3.63) is 12.2 Å². The fourth-order valence-electron chi connectivity index (χ4n) is 2.36. The highest BCUT2D eigenvalue weighted by Gasteiger charge is 1.90. The minimum atomic E-state index is -0.560. The summed E-state index contributed by atoms with van der Waals surface area (Å²) < 4.78 is 0. The van der Waals surface area contributed by atoms with Crippen LogP contribution in [0.4, 0.5) is 0 Å². The van der Waals surface area contributed by atoms with E-state index in [1.165, 1.54) is 90.4 Å². The van der Waals surface area contributed by atoms with Crippen LogP contribution in [0, 0.1) is 0 Å². The van der Waals surface area contributed by atoms with Gasteiger partial charge in [-0.2, -0.15) is 0 Å². The number of allylic oxidation sites excluding steroid dienone is 2. The molecule has 146 valence electrons. The molecule has 3 heteroatoms. The molecule has 0 aliphatic carbocycles. The number of unbranched alkanes of at least 4 members (excludes halogenated alkanes) is 12. The molecule has 1 unspecified atom stereocenters. The van der Waals surface area contributed by atoms with Crippen molar-refractivity contribution in [3.63, 3.8) is 0 Å². The van der Waals surface area contributed by atoms with E-state index in [2.05, 4.69) is 19.1 Å². The Kier molecular flexibility index (Phi) is 26.8. The zero-order valence-electron chi connectivity index (χ0n) is 16.4. The number of hydrogen-bond donors (Lipinski definition) is 3. The quantitative estimate of drug-likeness (QED) is 0.260. The molecule has 3 N–H and O–H groups in total. The third-order valence-electron chi connectivity index (χ3n) is 3.93. The fraction of sp³-hybridized carbons (Fsp3) is 0.905. The molecule has 0 heterocycles. The molecule has 0 spiro atoms. The number of aliphatic hydroxyl groups is 3. The first-order valence-corrected chi connectivity index (χ1v) is 10.2. The monoisotopic (exact) mass is 344 g/mol. The summed E-state index contributed by atoms with van der Waals surface area (Å²) in [6.45, 7) is 4.02. The second-order valence-electron chi connectivity index (χ2n) is 6.69. The Balaban J connectivity index is 0. The number of hydrogen-bond acceptors (Lipinski definition) is 3.